The molecule has 2 aromatic heterocycles. The summed E-state index contributed by atoms with van der Waals surface area (Å²) in [4.78, 5) is 28.3. The molecule has 0 saturated heterocycles. The minimum absolute atomic E-state index is 0.195. The number of carbonyl (C=O) groups excluding carboxylic acids is 1. The molecule has 0 atom stereocenters. The van der Waals surface area contributed by atoms with Crippen LogP contribution in [0.1, 0.15) is 55.8 Å². The molecule has 210 valence electrons. The summed E-state index contributed by atoms with van der Waals surface area (Å²) in [5.41, 5.74) is 3.65. The lowest BCUT2D eigenvalue weighted by Crippen LogP contribution is -2.37. The number of aromatic nitrogens is 2. The number of rotatable bonds is 5. The second kappa shape index (κ2) is 12.0. The number of alkyl halides is 3. The van der Waals surface area contributed by atoms with Gasteiger partial charge in [0.25, 0.3) is 0 Å². The van der Waals surface area contributed by atoms with E-state index in [1.54, 1.807) is 18.3 Å². The van der Waals surface area contributed by atoms with Crippen LogP contribution in [-0.2, 0) is 24.3 Å². The first-order valence-electron chi connectivity index (χ1n) is 13.0. The first kappa shape index (κ1) is 28.3. The first-order valence-corrected chi connectivity index (χ1v) is 13.0. The van der Waals surface area contributed by atoms with Crippen LogP contribution in [0.5, 0.6) is 5.75 Å². The molecular formula is C28H32F3N3O5. The zero-order chi connectivity index (χ0) is 28.2. The third-order valence-corrected chi connectivity index (χ3v) is 7.44. The van der Waals surface area contributed by atoms with Crippen LogP contribution in [0.3, 0.4) is 0 Å². The highest BCUT2D eigenvalue weighted by atomic mass is 19.4. The van der Waals surface area contributed by atoms with Crippen molar-refractivity contribution in [3.8, 4) is 5.75 Å². The Bertz CT molecular complexity index is 1310. The fraction of sp³-hybridized carbons (Fsp3) is 0.464. The van der Waals surface area contributed by atoms with E-state index in [2.05, 4.69) is 16.6 Å². The number of pyridine rings is 1. The quantitative estimate of drug-likeness (QED) is 0.388. The zero-order valence-electron chi connectivity index (χ0n) is 21.7. The van der Waals surface area contributed by atoms with Crippen LogP contribution in [0.25, 0.3) is 11.0 Å². The number of hydrogen-bond donors (Lipinski definition) is 2. The van der Waals surface area contributed by atoms with Crippen molar-refractivity contribution in [3.63, 3.8) is 0 Å². The molecule has 1 saturated carbocycles. The molecule has 5 rings (SSSR count). The average molecular weight is 548 g/mol. The van der Waals surface area contributed by atoms with Crippen LogP contribution in [0.2, 0.25) is 0 Å². The molecule has 11 heteroatoms. The van der Waals surface area contributed by atoms with Crippen molar-refractivity contribution in [1.29, 1.82) is 0 Å². The molecule has 39 heavy (non-hydrogen) atoms. The van der Waals surface area contributed by atoms with Gasteiger partial charge in [-0.2, -0.15) is 0 Å². The summed E-state index contributed by atoms with van der Waals surface area (Å²) in [6, 6.07) is 9.96. The maximum Gasteiger partial charge on any atom is 0.573 e. The number of ether oxygens (including phenoxy) is 1. The van der Waals surface area contributed by atoms with E-state index in [4.69, 9.17) is 15.0 Å². The minimum atomic E-state index is -4.74. The van der Waals surface area contributed by atoms with Gasteiger partial charge in [0, 0.05) is 36.8 Å². The summed E-state index contributed by atoms with van der Waals surface area (Å²) < 4.78 is 44.3. The fourth-order valence-electron chi connectivity index (χ4n) is 5.58. The van der Waals surface area contributed by atoms with Crippen molar-refractivity contribution in [2.24, 2.45) is 11.8 Å². The molecule has 0 unspecified atom stereocenters. The number of halogens is 3. The van der Waals surface area contributed by atoms with E-state index < -0.39 is 12.5 Å². The van der Waals surface area contributed by atoms with Crippen molar-refractivity contribution in [1.82, 2.24) is 14.5 Å². The molecular weight excluding hydrogens is 515 g/mol. The van der Waals surface area contributed by atoms with Gasteiger partial charge in [0.1, 0.15) is 11.4 Å². The van der Waals surface area contributed by atoms with Crippen molar-refractivity contribution >= 4 is 23.1 Å². The summed E-state index contributed by atoms with van der Waals surface area (Å²) in [6.07, 6.45) is 1.11. The highest BCUT2D eigenvalue weighted by Crippen LogP contribution is 2.34. The molecule has 0 radical (unpaired) electrons. The highest BCUT2D eigenvalue weighted by molar-refractivity contribution is 5.84. The summed E-state index contributed by atoms with van der Waals surface area (Å²) in [5.74, 6) is 1.17. The fourth-order valence-corrected chi connectivity index (χ4v) is 5.58. The molecule has 1 aliphatic heterocycles. The molecule has 2 N–H and O–H groups in total. The van der Waals surface area contributed by atoms with E-state index >= 15 is 0 Å². The van der Waals surface area contributed by atoms with Gasteiger partial charge >= 0.3 is 12.5 Å². The smallest absolute Gasteiger partial charge is 0.450 e. The summed E-state index contributed by atoms with van der Waals surface area (Å²) in [5, 5.41) is 15.0. The number of hydrogen-bond acceptors (Lipinski definition) is 4. The predicted octanol–water partition coefficient (Wildman–Crippen LogP) is 6.31. The van der Waals surface area contributed by atoms with E-state index in [0.717, 1.165) is 41.9 Å². The maximum atomic E-state index is 13.2. The monoisotopic (exact) mass is 547 g/mol. The number of carbonyl (C=O) groups is 2. The van der Waals surface area contributed by atoms with Gasteiger partial charge in [-0.25, -0.2) is 9.78 Å². The average Bonchev–Trinajstić information content (AvgIpc) is 3.17. The van der Waals surface area contributed by atoms with Gasteiger partial charge in [0.15, 0.2) is 0 Å². The van der Waals surface area contributed by atoms with Crippen molar-refractivity contribution in [2.45, 2.75) is 64.9 Å². The molecule has 1 aromatic carbocycles. The second-order valence-electron chi connectivity index (χ2n) is 10.3. The molecule has 8 nitrogen and oxygen atoms in total. The SMILES string of the molecule is C[C@H]1CC[C@H](CC(=O)N2CCc3c(n(Cc4cccc(OC(F)(F)F)c4)c4ncccc34)C2)CC1.O=C(O)O. The predicted molar refractivity (Wildman–Crippen MR) is 137 cm³/mol. The third-order valence-electron chi connectivity index (χ3n) is 7.44. The lowest BCUT2D eigenvalue weighted by molar-refractivity contribution is -0.274. The number of nitrogens with zero attached hydrogens (tertiary/aromatic N) is 3. The lowest BCUT2D eigenvalue weighted by atomic mass is 9.81. The summed E-state index contributed by atoms with van der Waals surface area (Å²) in [7, 11) is 0. The van der Waals surface area contributed by atoms with E-state index in [1.165, 1.54) is 30.5 Å². The molecule has 3 heterocycles. The van der Waals surface area contributed by atoms with Gasteiger partial charge in [-0.3, -0.25) is 4.79 Å². The van der Waals surface area contributed by atoms with Gasteiger partial charge in [-0.05, 0) is 66.5 Å². The van der Waals surface area contributed by atoms with Crippen LogP contribution in [0.4, 0.5) is 18.0 Å². The lowest BCUT2D eigenvalue weighted by Gasteiger charge is -2.31. The normalized spacial score (nSPS) is 19.1. The van der Waals surface area contributed by atoms with Crippen molar-refractivity contribution in [3.05, 3.63) is 59.4 Å². The largest absolute Gasteiger partial charge is 0.573 e. The molecule has 1 aliphatic carbocycles. The third kappa shape index (κ3) is 7.42. The van der Waals surface area contributed by atoms with Crippen molar-refractivity contribution < 1.29 is 37.7 Å². The Morgan fingerprint density at radius 3 is 2.51 bits per heavy atom. The Labute approximate surface area is 224 Å². The standard InChI is InChI=1S/C27H30F3N3O2.CH2O3/c1-18-7-9-19(10-8-18)15-25(34)32-13-11-22-23-6-3-12-31-26(23)33(24(22)17-32)16-20-4-2-5-21(14-20)35-27(28,29)30;2-1(3)4/h2-6,12,14,18-19H,7-11,13,15-17H2,1H3;(H2,2,3,4)/t18-,19-;. The number of fused-ring (bicyclic) bond motifs is 3. The maximum absolute atomic E-state index is 13.2. The molecule has 1 amide bonds. The van der Waals surface area contributed by atoms with Gasteiger partial charge < -0.3 is 24.4 Å². The van der Waals surface area contributed by atoms with E-state index in [0.29, 0.717) is 37.5 Å². The summed E-state index contributed by atoms with van der Waals surface area (Å²) >= 11 is 0. The van der Waals surface area contributed by atoms with Gasteiger partial charge in [-0.1, -0.05) is 31.9 Å². The van der Waals surface area contributed by atoms with Gasteiger partial charge in [0.05, 0.1) is 6.54 Å². The number of carboxylic acid groups (broad SMARTS) is 2. The highest BCUT2D eigenvalue weighted by Gasteiger charge is 2.32. The van der Waals surface area contributed by atoms with Gasteiger partial charge in [0.2, 0.25) is 5.91 Å². The topological polar surface area (TPSA) is 105 Å². The Kier molecular flexibility index (Phi) is 8.66. The van der Waals surface area contributed by atoms with E-state index in [1.807, 2.05) is 21.6 Å². The Hall–Kier alpha value is -3.76. The Morgan fingerprint density at radius 2 is 1.82 bits per heavy atom. The first-order chi connectivity index (χ1) is 18.5. The van der Waals surface area contributed by atoms with Crippen molar-refractivity contribution in [2.75, 3.05) is 6.54 Å². The molecule has 1 fully saturated rings. The van der Waals surface area contributed by atoms with E-state index in [-0.39, 0.29) is 11.7 Å². The van der Waals surface area contributed by atoms with Crippen LogP contribution < -0.4 is 4.74 Å². The molecule has 0 spiro atoms. The molecule has 0 bridgehead atoms. The van der Waals surface area contributed by atoms with Crippen LogP contribution in [-0.4, -0.2) is 49.6 Å². The molecule has 2 aliphatic rings. The summed E-state index contributed by atoms with van der Waals surface area (Å²) in [6.45, 7) is 3.80. The van der Waals surface area contributed by atoms with Crippen LogP contribution in [0.15, 0.2) is 42.6 Å². The zero-order valence-corrected chi connectivity index (χ0v) is 21.7. The Balaban J connectivity index is 0.000000826. The van der Waals surface area contributed by atoms with Crippen LogP contribution in [0, 0.1) is 11.8 Å². The minimum Gasteiger partial charge on any atom is -0.450 e. The second-order valence-corrected chi connectivity index (χ2v) is 10.3. The van der Waals surface area contributed by atoms with E-state index in [9.17, 15) is 18.0 Å². The van der Waals surface area contributed by atoms with Crippen LogP contribution >= 0.6 is 0 Å². The van der Waals surface area contributed by atoms with Gasteiger partial charge in [-0.15, -0.1) is 13.2 Å². The Morgan fingerprint density at radius 1 is 1.10 bits per heavy atom. The molecule has 3 aromatic rings. The number of benzene rings is 1. The number of amides is 1.